The Morgan fingerprint density at radius 2 is 2.06 bits per heavy atom. The molecule has 18 heavy (non-hydrogen) atoms. The number of methoxy groups -OCH3 is 1. The van der Waals surface area contributed by atoms with Crippen LogP contribution in [0, 0.1) is 6.92 Å². The Balaban J connectivity index is 2.39. The number of rotatable bonds is 4. The summed E-state index contributed by atoms with van der Waals surface area (Å²) in [5.74, 6) is -0.493. The van der Waals surface area contributed by atoms with E-state index in [1.54, 1.807) is 6.08 Å². The van der Waals surface area contributed by atoms with Crippen LogP contribution in [0.5, 0.6) is 0 Å². The summed E-state index contributed by atoms with van der Waals surface area (Å²) in [5.41, 5.74) is 2.14. The first-order valence-corrected chi connectivity index (χ1v) is 5.47. The molecule has 96 valence electrons. The SMILES string of the molecule is COC(=O)CNC(=O)N/C=C/c1ccccc1C. The van der Waals surface area contributed by atoms with E-state index in [9.17, 15) is 9.59 Å². The number of nitrogens with one attached hydrogen (secondary N) is 2. The van der Waals surface area contributed by atoms with E-state index in [4.69, 9.17) is 0 Å². The van der Waals surface area contributed by atoms with Crippen molar-refractivity contribution >= 4 is 18.1 Å². The molecule has 0 aromatic heterocycles. The number of aryl methyl sites for hydroxylation is 1. The van der Waals surface area contributed by atoms with Crippen molar-refractivity contribution in [3.05, 3.63) is 41.6 Å². The Morgan fingerprint density at radius 3 is 2.72 bits per heavy atom. The molecule has 0 heterocycles. The summed E-state index contributed by atoms with van der Waals surface area (Å²) in [4.78, 5) is 22.0. The predicted octanol–water partition coefficient (Wildman–Crippen LogP) is 1.44. The van der Waals surface area contributed by atoms with E-state index in [0.717, 1.165) is 11.1 Å². The number of ether oxygens (including phenoxy) is 1. The van der Waals surface area contributed by atoms with Crippen LogP contribution >= 0.6 is 0 Å². The van der Waals surface area contributed by atoms with Crippen LogP contribution in [-0.2, 0) is 9.53 Å². The second-order valence-corrected chi connectivity index (χ2v) is 3.59. The monoisotopic (exact) mass is 248 g/mol. The summed E-state index contributed by atoms with van der Waals surface area (Å²) >= 11 is 0. The molecule has 0 saturated carbocycles. The highest BCUT2D eigenvalue weighted by atomic mass is 16.5. The summed E-state index contributed by atoms with van der Waals surface area (Å²) in [6.07, 6.45) is 3.31. The van der Waals surface area contributed by atoms with Crippen LogP contribution in [-0.4, -0.2) is 25.7 Å². The predicted molar refractivity (Wildman–Crippen MR) is 68.8 cm³/mol. The van der Waals surface area contributed by atoms with Gasteiger partial charge in [-0.05, 0) is 24.1 Å². The van der Waals surface area contributed by atoms with Crippen molar-refractivity contribution in [3.8, 4) is 0 Å². The summed E-state index contributed by atoms with van der Waals surface area (Å²) in [7, 11) is 1.26. The molecule has 0 spiro atoms. The minimum absolute atomic E-state index is 0.152. The van der Waals surface area contributed by atoms with E-state index < -0.39 is 12.0 Å². The van der Waals surface area contributed by atoms with Gasteiger partial charge < -0.3 is 15.4 Å². The molecule has 5 nitrogen and oxygen atoms in total. The van der Waals surface area contributed by atoms with Gasteiger partial charge in [0.1, 0.15) is 6.54 Å². The van der Waals surface area contributed by atoms with Gasteiger partial charge in [-0.25, -0.2) is 4.79 Å². The fraction of sp³-hybridized carbons (Fsp3) is 0.231. The van der Waals surface area contributed by atoms with Gasteiger partial charge in [0.15, 0.2) is 0 Å². The summed E-state index contributed by atoms with van der Waals surface area (Å²) in [6, 6.07) is 7.34. The maximum atomic E-state index is 11.3. The van der Waals surface area contributed by atoms with E-state index in [-0.39, 0.29) is 6.54 Å². The summed E-state index contributed by atoms with van der Waals surface area (Å²) < 4.78 is 4.39. The summed E-state index contributed by atoms with van der Waals surface area (Å²) in [5, 5.41) is 4.86. The molecule has 0 radical (unpaired) electrons. The summed E-state index contributed by atoms with van der Waals surface area (Å²) in [6.45, 7) is 1.83. The number of hydrogen-bond acceptors (Lipinski definition) is 3. The van der Waals surface area contributed by atoms with Gasteiger partial charge >= 0.3 is 12.0 Å². The Hall–Kier alpha value is -2.30. The van der Waals surface area contributed by atoms with E-state index in [0.29, 0.717) is 0 Å². The molecule has 1 rings (SSSR count). The van der Waals surface area contributed by atoms with Crippen LogP contribution < -0.4 is 10.6 Å². The van der Waals surface area contributed by atoms with Crippen molar-refractivity contribution in [2.45, 2.75) is 6.92 Å². The number of esters is 1. The van der Waals surface area contributed by atoms with Gasteiger partial charge in [-0.3, -0.25) is 4.79 Å². The zero-order chi connectivity index (χ0) is 13.4. The van der Waals surface area contributed by atoms with Gasteiger partial charge in [0.2, 0.25) is 0 Å². The third kappa shape index (κ3) is 4.69. The number of carbonyl (C=O) groups excluding carboxylic acids is 2. The topological polar surface area (TPSA) is 67.4 Å². The minimum atomic E-state index is -0.493. The number of urea groups is 1. The smallest absolute Gasteiger partial charge is 0.325 e. The molecule has 5 heteroatoms. The van der Waals surface area contributed by atoms with Gasteiger partial charge in [0.05, 0.1) is 7.11 Å². The van der Waals surface area contributed by atoms with Gasteiger partial charge in [-0.2, -0.15) is 0 Å². The van der Waals surface area contributed by atoms with Gasteiger partial charge in [0.25, 0.3) is 0 Å². The second-order valence-electron chi connectivity index (χ2n) is 3.59. The number of carbonyl (C=O) groups is 2. The van der Waals surface area contributed by atoms with Gasteiger partial charge in [0, 0.05) is 6.20 Å². The number of hydrogen-bond donors (Lipinski definition) is 2. The molecule has 0 aliphatic heterocycles. The highest BCUT2D eigenvalue weighted by molar-refractivity contribution is 5.81. The van der Waals surface area contributed by atoms with Crippen molar-refractivity contribution in [1.82, 2.24) is 10.6 Å². The molecule has 2 amide bonds. The standard InChI is InChI=1S/C13H16N2O3/c1-10-5-3-4-6-11(10)7-8-14-13(17)15-9-12(16)18-2/h3-8H,9H2,1-2H3,(H2,14,15,17)/b8-7+. The Bertz CT molecular complexity index is 455. The van der Waals surface area contributed by atoms with Crippen LogP contribution in [0.25, 0.3) is 6.08 Å². The molecule has 1 aromatic rings. The Kier molecular flexibility index (Phi) is 5.44. The van der Waals surface area contributed by atoms with E-state index >= 15 is 0 Å². The van der Waals surface area contributed by atoms with Crippen molar-refractivity contribution in [2.75, 3.05) is 13.7 Å². The molecule has 0 aliphatic carbocycles. The maximum absolute atomic E-state index is 11.3. The number of benzene rings is 1. The minimum Gasteiger partial charge on any atom is -0.468 e. The van der Waals surface area contributed by atoms with Crippen molar-refractivity contribution in [3.63, 3.8) is 0 Å². The van der Waals surface area contributed by atoms with E-state index in [1.165, 1.54) is 13.3 Å². The van der Waals surface area contributed by atoms with Crippen LogP contribution in [0.3, 0.4) is 0 Å². The molecule has 1 aromatic carbocycles. The Labute approximate surface area is 106 Å². The quantitative estimate of drug-likeness (QED) is 0.792. The van der Waals surface area contributed by atoms with Gasteiger partial charge in [-0.1, -0.05) is 24.3 Å². The third-order valence-corrected chi connectivity index (χ3v) is 2.29. The fourth-order valence-corrected chi connectivity index (χ4v) is 1.26. The van der Waals surface area contributed by atoms with Crippen molar-refractivity contribution in [2.24, 2.45) is 0 Å². The normalized spacial score (nSPS) is 10.1. The molecular formula is C13H16N2O3. The molecule has 0 atom stereocenters. The average Bonchev–Trinajstić information content (AvgIpc) is 2.38. The average molecular weight is 248 g/mol. The fourth-order valence-electron chi connectivity index (χ4n) is 1.26. The van der Waals surface area contributed by atoms with Crippen LogP contribution in [0.2, 0.25) is 0 Å². The zero-order valence-electron chi connectivity index (χ0n) is 10.4. The molecule has 2 N–H and O–H groups in total. The maximum Gasteiger partial charge on any atom is 0.325 e. The lowest BCUT2D eigenvalue weighted by Crippen LogP contribution is -2.36. The van der Waals surface area contributed by atoms with Crippen molar-refractivity contribution in [1.29, 1.82) is 0 Å². The van der Waals surface area contributed by atoms with Gasteiger partial charge in [-0.15, -0.1) is 0 Å². The lowest BCUT2D eigenvalue weighted by Gasteiger charge is -2.03. The van der Waals surface area contributed by atoms with E-state index in [1.807, 2.05) is 31.2 Å². The lowest BCUT2D eigenvalue weighted by molar-refractivity contribution is -0.139. The zero-order valence-corrected chi connectivity index (χ0v) is 10.4. The molecule has 0 bridgehead atoms. The molecular weight excluding hydrogens is 232 g/mol. The Morgan fingerprint density at radius 1 is 1.33 bits per heavy atom. The molecule has 0 aliphatic rings. The van der Waals surface area contributed by atoms with E-state index in [2.05, 4.69) is 15.4 Å². The second kappa shape index (κ2) is 7.11. The number of amides is 2. The first kappa shape index (κ1) is 13.8. The molecule has 0 unspecified atom stereocenters. The van der Waals surface area contributed by atoms with Crippen LogP contribution in [0.15, 0.2) is 30.5 Å². The third-order valence-electron chi connectivity index (χ3n) is 2.29. The van der Waals surface area contributed by atoms with Crippen LogP contribution in [0.1, 0.15) is 11.1 Å². The molecule has 0 fully saturated rings. The largest absolute Gasteiger partial charge is 0.468 e. The first-order valence-electron chi connectivity index (χ1n) is 5.47. The first-order chi connectivity index (χ1) is 8.63. The lowest BCUT2D eigenvalue weighted by atomic mass is 10.1. The highest BCUT2D eigenvalue weighted by Gasteiger charge is 2.02. The highest BCUT2D eigenvalue weighted by Crippen LogP contribution is 2.07. The molecule has 0 saturated heterocycles. The van der Waals surface area contributed by atoms with Crippen molar-refractivity contribution < 1.29 is 14.3 Å². The van der Waals surface area contributed by atoms with Crippen LogP contribution in [0.4, 0.5) is 4.79 Å².